The van der Waals surface area contributed by atoms with Crippen molar-refractivity contribution in [2.75, 3.05) is 13.6 Å². The second-order valence-electron chi connectivity index (χ2n) is 9.20. The molecule has 6 rings (SSSR count). The average molecular weight is 502 g/mol. The first kappa shape index (κ1) is 23.6. The van der Waals surface area contributed by atoms with Crippen LogP contribution in [-0.2, 0) is 13.1 Å². The van der Waals surface area contributed by atoms with Gasteiger partial charge in [-0.3, -0.25) is 19.6 Å². The second kappa shape index (κ2) is 10.3. The molecule has 0 bridgehead atoms. The monoisotopic (exact) mass is 501 g/mol. The molecule has 0 amide bonds. The maximum absolute atomic E-state index is 4.80. The molecule has 0 unspecified atom stereocenters. The molecular weight excluding hydrogens is 474 g/mol. The van der Waals surface area contributed by atoms with Gasteiger partial charge in [0.25, 0.3) is 0 Å². The Balaban J connectivity index is 1.42. The molecule has 6 aromatic rings. The molecule has 9 heteroatoms. The molecule has 0 radical (unpaired) electrons. The molecule has 1 N–H and O–H groups in total. The number of nitrogens with zero attached hydrogens (tertiary/aromatic N) is 8. The molecule has 0 saturated heterocycles. The average Bonchev–Trinajstić information content (AvgIpc) is 3.59. The highest BCUT2D eigenvalue weighted by molar-refractivity contribution is 5.89. The van der Waals surface area contributed by atoms with Crippen LogP contribution in [0.4, 0.5) is 0 Å². The summed E-state index contributed by atoms with van der Waals surface area (Å²) in [5.41, 5.74) is 8.38. The fraction of sp³-hybridized carbons (Fsp3) is 0.172. The van der Waals surface area contributed by atoms with Crippen LogP contribution in [0.15, 0.2) is 85.6 Å². The summed E-state index contributed by atoms with van der Waals surface area (Å²) in [7, 11) is 1.94. The summed E-state index contributed by atoms with van der Waals surface area (Å²) in [6.07, 6.45) is 9.44. The van der Waals surface area contributed by atoms with E-state index < -0.39 is 0 Å². The van der Waals surface area contributed by atoms with E-state index >= 15 is 0 Å². The lowest BCUT2D eigenvalue weighted by Crippen LogP contribution is -2.14. The van der Waals surface area contributed by atoms with E-state index in [4.69, 9.17) is 9.97 Å². The minimum Gasteiger partial charge on any atom is -0.318 e. The van der Waals surface area contributed by atoms with Crippen molar-refractivity contribution in [2.45, 2.75) is 20.0 Å². The third kappa shape index (κ3) is 4.79. The number of aromatic nitrogens is 8. The zero-order valence-corrected chi connectivity index (χ0v) is 21.3. The SMILES string of the molecule is CNCCn1cc(-c2cnc3ccc(-c4nnn(Cc5cccnc5)c4-c4cccc(C)n4)cc3c2)cn1. The molecule has 0 aliphatic heterocycles. The molecule has 188 valence electrons. The summed E-state index contributed by atoms with van der Waals surface area (Å²) in [5.74, 6) is 0. The number of fused-ring (bicyclic) bond motifs is 1. The number of rotatable bonds is 8. The van der Waals surface area contributed by atoms with Gasteiger partial charge in [0, 0.05) is 59.1 Å². The summed E-state index contributed by atoms with van der Waals surface area (Å²) in [6.45, 7) is 4.21. The van der Waals surface area contributed by atoms with E-state index in [-0.39, 0.29) is 0 Å². The molecule has 0 atom stereocenters. The van der Waals surface area contributed by atoms with Crippen molar-refractivity contribution in [3.63, 3.8) is 0 Å². The van der Waals surface area contributed by atoms with Gasteiger partial charge in [0.05, 0.1) is 30.5 Å². The van der Waals surface area contributed by atoms with Crippen LogP contribution in [-0.4, -0.2) is 53.3 Å². The van der Waals surface area contributed by atoms with E-state index in [0.29, 0.717) is 6.54 Å². The van der Waals surface area contributed by atoms with E-state index in [1.54, 1.807) is 6.20 Å². The maximum Gasteiger partial charge on any atom is 0.122 e. The zero-order chi connectivity index (χ0) is 25.9. The van der Waals surface area contributed by atoms with Gasteiger partial charge < -0.3 is 5.32 Å². The molecular formula is C29H27N9. The third-order valence-electron chi connectivity index (χ3n) is 6.43. The lowest BCUT2D eigenvalue weighted by atomic mass is 10.0. The van der Waals surface area contributed by atoms with Gasteiger partial charge in [0.2, 0.25) is 0 Å². The van der Waals surface area contributed by atoms with Crippen molar-refractivity contribution in [3.05, 3.63) is 96.8 Å². The summed E-state index contributed by atoms with van der Waals surface area (Å²) in [5, 5.41) is 17.8. The number of benzene rings is 1. The Kier molecular flexibility index (Phi) is 6.41. The van der Waals surface area contributed by atoms with Gasteiger partial charge in [-0.15, -0.1) is 5.10 Å². The Labute approximate surface area is 220 Å². The maximum atomic E-state index is 4.80. The third-order valence-corrected chi connectivity index (χ3v) is 6.43. The number of hydrogen-bond donors (Lipinski definition) is 1. The first-order chi connectivity index (χ1) is 18.7. The molecule has 9 nitrogen and oxygen atoms in total. The lowest BCUT2D eigenvalue weighted by Gasteiger charge is -2.09. The van der Waals surface area contributed by atoms with E-state index in [2.05, 4.69) is 44.0 Å². The van der Waals surface area contributed by atoms with Gasteiger partial charge in [-0.25, -0.2) is 4.68 Å². The Bertz CT molecular complexity index is 1700. The summed E-state index contributed by atoms with van der Waals surface area (Å²) < 4.78 is 3.83. The minimum absolute atomic E-state index is 0.544. The quantitative estimate of drug-likeness (QED) is 0.330. The van der Waals surface area contributed by atoms with Crippen molar-refractivity contribution in [1.82, 2.24) is 45.0 Å². The van der Waals surface area contributed by atoms with E-state index in [1.165, 1.54) is 0 Å². The van der Waals surface area contributed by atoms with Crippen molar-refractivity contribution in [2.24, 2.45) is 0 Å². The van der Waals surface area contributed by atoms with Crippen LogP contribution in [0.25, 0.3) is 44.7 Å². The molecule has 1 aromatic carbocycles. The van der Waals surface area contributed by atoms with E-state index in [9.17, 15) is 0 Å². The fourth-order valence-corrected chi connectivity index (χ4v) is 4.51. The number of nitrogens with one attached hydrogen (secondary N) is 1. The van der Waals surface area contributed by atoms with Gasteiger partial charge in [-0.05, 0) is 55.9 Å². The van der Waals surface area contributed by atoms with Crippen LogP contribution in [0.1, 0.15) is 11.3 Å². The van der Waals surface area contributed by atoms with Crippen LogP contribution in [0.2, 0.25) is 0 Å². The molecule has 0 saturated carbocycles. The highest BCUT2D eigenvalue weighted by atomic mass is 15.4. The van der Waals surface area contributed by atoms with Crippen molar-refractivity contribution in [1.29, 1.82) is 0 Å². The molecule has 0 aliphatic rings. The standard InChI is InChI=1S/C29H27N9/c1-20-5-3-7-27(34-20)29-28(35-36-38(29)18-21-6-4-10-31-15-21)22-8-9-26-23(13-22)14-24(16-32-26)25-17-33-37(19-25)12-11-30-2/h3-10,13-17,19,30H,11-12,18H2,1-2H3. The molecule has 0 aliphatic carbocycles. The van der Waals surface area contributed by atoms with Crippen LogP contribution in [0.5, 0.6) is 0 Å². The van der Waals surface area contributed by atoms with Crippen molar-refractivity contribution in [3.8, 4) is 33.8 Å². The lowest BCUT2D eigenvalue weighted by molar-refractivity contribution is 0.585. The van der Waals surface area contributed by atoms with Crippen LogP contribution in [0.3, 0.4) is 0 Å². The van der Waals surface area contributed by atoms with Crippen LogP contribution >= 0.6 is 0 Å². The Morgan fingerprint density at radius 1 is 0.921 bits per heavy atom. The predicted molar refractivity (Wildman–Crippen MR) is 147 cm³/mol. The number of pyridine rings is 3. The van der Waals surface area contributed by atoms with Crippen molar-refractivity contribution >= 4 is 10.9 Å². The first-order valence-electron chi connectivity index (χ1n) is 12.5. The van der Waals surface area contributed by atoms with Crippen LogP contribution in [0, 0.1) is 6.92 Å². The van der Waals surface area contributed by atoms with Gasteiger partial charge in [0.1, 0.15) is 11.4 Å². The van der Waals surface area contributed by atoms with Gasteiger partial charge in [-0.2, -0.15) is 5.10 Å². The predicted octanol–water partition coefficient (Wildman–Crippen LogP) is 4.39. The smallest absolute Gasteiger partial charge is 0.122 e. The normalized spacial score (nSPS) is 11.3. The highest BCUT2D eigenvalue weighted by Gasteiger charge is 2.19. The molecule has 5 heterocycles. The molecule has 38 heavy (non-hydrogen) atoms. The number of hydrogen-bond acceptors (Lipinski definition) is 7. The van der Waals surface area contributed by atoms with Gasteiger partial charge >= 0.3 is 0 Å². The summed E-state index contributed by atoms with van der Waals surface area (Å²) in [6, 6.07) is 18.3. The summed E-state index contributed by atoms with van der Waals surface area (Å²) in [4.78, 5) is 13.8. The molecule has 5 aromatic heterocycles. The number of likely N-dealkylation sites (N-methyl/N-ethyl adjacent to an activating group) is 1. The van der Waals surface area contributed by atoms with Gasteiger partial charge in [-0.1, -0.05) is 23.4 Å². The molecule has 0 fully saturated rings. The number of aryl methyl sites for hydroxylation is 1. The van der Waals surface area contributed by atoms with E-state index in [0.717, 1.165) is 69.0 Å². The Hall–Kier alpha value is -4.76. The highest BCUT2D eigenvalue weighted by Crippen LogP contribution is 2.32. The Morgan fingerprint density at radius 2 is 1.84 bits per heavy atom. The van der Waals surface area contributed by atoms with Crippen molar-refractivity contribution < 1.29 is 0 Å². The first-order valence-corrected chi connectivity index (χ1v) is 12.5. The van der Waals surface area contributed by atoms with E-state index in [1.807, 2.05) is 84.4 Å². The second-order valence-corrected chi connectivity index (χ2v) is 9.20. The zero-order valence-electron chi connectivity index (χ0n) is 21.3. The Morgan fingerprint density at radius 3 is 2.68 bits per heavy atom. The summed E-state index contributed by atoms with van der Waals surface area (Å²) >= 11 is 0. The minimum atomic E-state index is 0.544. The fourth-order valence-electron chi connectivity index (χ4n) is 4.51. The van der Waals surface area contributed by atoms with Crippen LogP contribution < -0.4 is 5.32 Å². The topological polar surface area (TPSA) is 99.2 Å². The van der Waals surface area contributed by atoms with Gasteiger partial charge in [0.15, 0.2) is 0 Å². The molecule has 0 spiro atoms. The largest absolute Gasteiger partial charge is 0.318 e.